The monoisotopic (exact) mass is 443 g/mol. The highest BCUT2D eigenvalue weighted by Crippen LogP contribution is 2.25. The van der Waals surface area contributed by atoms with Gasteiger partial charge in [-0.3, -0.25) is 14.5 Å². The molecule has 2 aromatic carbocycles. The molecule has 1 saturated heterocycles. The van der Waals surface area contributed by atoms with Crippen molar-refractivity contribution in [3.63, 3.8) is 0 Å². The van der Waals surface area contributed by atoms with Gasteiger partial charge < -0.3 is 16.0 Å². The normalized spacial score (nSPS) is 17.0. The number of rotatable bonds is 7. The molecule has 2 amide bonds. The van der Waals surface area contributed by atoms with Crippen molar-refractivity contribution < 1.29 is 9.59 Å². The molecule has 0 bridgehead atoms. The molecule has 0 atom stereocenters. The summed E-state index contributed by atoms with van der Waals surface area (Å²) in [6.07, 6.45) is 3.94. The van der Waals surface area contributed by atoms with Crippen molar-refractivity contribution in [1.82, 2.24) is 15.2 Å². The second kappa shape index (κ2) is 9.58. The average molecular weight is 444 g/mol. The Labute approximate surface area is 193 Å². The number of carbonyl (C=O) groups is 2. The predicted octanol–water partition coefficient (Wildman–Crippen LogP) is 3.64. The van der Waals surface area contributed by atoms with E-state index in [0.717, 1.165) is 61.2 Å². The van der Waals surface area contributed by atoms with Gasteiger partial charge in [-0.05, 0) is 49.9 Å². The van der Waals surface area contributed by atoms with Gasteiger partial charge in [-0.2, -0.15) is 0 Å². The van der Waals surface area contributed by atoms with Crippen LogP contribution < -0.4 is 16.0 Å². The maximum atomic E-state index is 12.8. The van der Waals surface area contributed by atoms with E-state index >= 15 is 0 Å². The van der Waals surface area contributed by atoms with Gasteiger partial charge in [-0.15, -0.1) is 0 Å². The maximum Gasteiger partial charge on any atom is 0.252 e. The van der Waals surface area contributed by atoms with E-state index in [-0.39, 0.29) is 17.9 Å². The number of nitrogens with one attached hydrogen (secondary N) is 3. The molecule has 0 unspecified atom stereocenters. The fourth-order valence-corrected chi connectivity index (χ4v) is 4.30. The molecule has 2 heterocycles. The smallest absolute Gasteiger partial charge is 0.252 e. The van der Waals surface area contributed by atoms with Crippen molar-refractivity contribution in [3.8, 4) is 0 Å². The Morgan fingerprint density at radius 3 is 2.39 bits per heavy atom. The summed E-state index contributed by atoms with van der Waals surface area (Å²) in [7, 11) is 0. The molecule has 0 radical (unpaired) electrons. The first kappa shape index (κ1) is 21.4. The standard InChI is InChI=1S/C26H29N5O2/c32-25(28-18-6-2-1-3-7-18)17-31-14-12-20(13-15-31)27-24-16-22(26(33)29-19-10-11-19)21-8-4-5-9-23(21)30-24/h1-9,16,19-20H,10-15,17H2,(H,27,30)(H,28,32)(H,29,33). The third-order valence-electron chi connectivity index (χ3n) is 6.24. The van der Waals surface area contributed by atoms with E-state index in [4.69, 9.17) is 4.98 Å². The third kappa shape index (κ3) is 5.49. The number of fused-ring (bicyclic) bond motifs is 1. The topological polar surface area (TPSA) is 86.4 Å². The Kier molecular flexibility index (Phi) is 6.21. The van der Waals surface area contributed by atoms with E-state index in [9.17, 15) is 9.59 Å². The number of hydrogen-bond donors (Lipinski definition) is 3. The Bertz CT molecular complexity index is 1140. The molecule has 1 aromatic heterocycles. The van der Waals surface area contributed by atoms with Crippen molar-refractivity contribution in [2.24, 2.45) is 0 Å². The summed E-state index contributed by atoms with van der Waals surface area (Å²) in [4.78, 5) is 32.1. The Balaban J connectivity index is 1.19. The number of likely N-dealkylation sites (tertiary alicyclic amines) is 1. The minimum absolute atomic E-state index is 0.00937. The SMILES string of the molecule is O=C(CN1CCC(Nc2cc(C(=O)NC3CC3)c3ccccc3n2)CC1)Nc1ccccc1. The highest BCUT2D eigenvalue weighted by molar-refractivity contribution is 6.07. The fraction of sp³-hybridized carbons (Fsp3) is 0.346. The molecule has 1 aliphatic carbocycles. The average Bonchev–Trinajstić information content (AvgIpc) is 3.64. The van der Waals surface area contributed by atoms with Crippen molar-refractivity contribution in [2.75, 3.05) is 30.3 Å². The Morgan fingerprint density at radius 1 is 0.909 bits per heavy atom. The molecule has 5 rings (SSSR count). The molecule has 7 heteroatoms. The van der Waals surface area contributed by atoms with Gasteiger partial charge in [0.15, 0.2) is 0 Å². The first-order valence-electron chi connectivity index (χ1n) is 11.7. The van der Waals surface area contributed by atoms with E-state index in [1.807, 2.05) is 60.7 Å². The number of benzene rings is 2. The largest absolute Gasteiger partial charge is 0.367 e. The number of pyridine rings is 1. The summed E-state index contributed by atoms with van der Waals surface area (Å²) in [5, 5.41) is 10.5. The lowest BCUT2D eigenvalue weighted by Crippen LogP contribution is -2.42. The zero-order valence-electron chi connectivity index (χ0n) is 18.6. The lowest BCUT2D eigenvalue weighted by Gasteiger charge is -2.32. The summed E-state index contributed by atoms with van der Waals surface area (Å²) in [6, 6.07) is 19.8. The predicted molar refractivity (Wildman–Crippen MR) is 130 cm³/mol. The van der Waals surface area contributed by atoms with Crippen LogP contribution in [-0.2, 0) is 4.79 Å². The highest BCUT2D eigenvalue weighted by Gasteiger charge is 2.26. The van der Waals surface area contributed by atoms with E-state index in [2.05, 4.69) is 20.9 Å². The Hall–Kier alpha value is -3.45. The second-order valence-electron chi connectivity index (χ2n) is 8.93. The quantitative estimate of drug-likeness (QED) is 0.519. The number of hydrogen-bond acceptors (Lipinski definition) is 5. The molecular weight excluding hydrogens is 414 g/mol. The van der Waals surface area contributed by atoms with Gasteiger partial charge in [0.2, 0.25) is 5.91 Å². The van der Waals surface area contributed by atoms with Gasteiger partial charge in [0, 0.05) is 36.2 Å². The zero-order valence-corrected chi connectivity index (χ0v) is 18.6. The highest BCUT2D eigenvalue weighted by atomic mass is 16.2. The van der Waals surface area contributed by atoms with Crippen molar-refractivity contribution in [2.45, 2.75) is 37.8 Å². The molecule has 3 aromatic rings. The van der Waals surface area contributed by atoms with Crippen molar-refractivity contribution >= 4 is 34.2 Å². The van der Waals surface area contributed by atoms with Crippen LogP contribution in [0.4, 0.5) is 11.5 Å². The van der Waals surface area contributed by atoms with E-state index < -0.39 is 0 Å². The van der Waals surface area contributed by atoms with Gasteiger partial charge >= 0.3 is 0 Å². The number of nitrogens with zero attached hydrogens (tertiary/aromatic N) is 2. The van der Waals surface area contributed by atoms with Crippen LogP contribution in [0.3, 0.4) is 0 Å². The first-order valence-corrected chi connectivity index (χ1v) is 11.7. The summed E-state index contributed by atoms with van der Waals surface area (Å²) in [5.41, 5.74) is 2.31. The molecular formula is C26H29N5O2. The number of aromatic nitrogens is 1. The lowest BCUT2D eigenvalue weighted by molar-refractivity contribution is -0.117. The van der Waals surface area contributed by atoms with Crippen LogP contribution in [0, 0.1) is 0 Å². The van der Waals surface area contributed by atoms with Crippen LogP contribution in [0.1, 0.15) is 36.0 Å². The van der Waals surface area contributed by atoms with Crippen LogP contribution >= 0.6 is 0 Å². The van der Waals surface area contributed by atoms with Gasteiger partial charge in [-0.1, -0.05) is 36.4 Å². The number of para-hydroxylation sites is 2. The number of amides is 2. The lowest BCUT2D eigenvalue weighted by atomic mass is 10.0. The number of piperidine rings is 1. The first-order chi connectivity index (χ1) is 16.1. The molecule has 2 aliphatic rings. The van der Waals surface area contributed by atoms with Crippen LogP contribution in [-0.4, -0.2) is 53.4 Å². The minimum Gasteiger partial charge on any atom is -0.367 e. The van der Waals surface area contributed by atoms with Gasteiger partial charge in [0.1, 0.15) is 5.82 Å². The minimum atomic E-state index is -0.0293. The van der Waals surface area contributed by atoms with Crippen molar-refractivity contribution in [3.05, 3.63) is 66.2 Å². The van der Waals surface area contributed by atoms with Crippen LogP contribution in [0.5, 0.6) is 0 Å². The number of anilines is 2. The van der Waals surface area contributed by atoms with E-state index in [1.165, 1.54) is 0 Å². The summed E-state index contributed by atoms with van der Waals surface area (Å²) >= 11 is 0. The summed E-state index contributed by atoms with van der Waals surface area (Å²) in [5.74, 6) is 0.712. The summed E-state index contributed by atoms with van der Waals surface area (Å²) in [6.45, 7) is 2.06. The number of carbonyl (C=O) groups excluding carboxylic acids is 2. The second-order valence-corrected chi connectivity index (χ2v) is 8.93. The van der Waals surface area contributed by atoms with E-state index in [1.54, 1.807) is 0 Å². The van der Waals surface area contributed by atoms with Crippen LogP contribution in [0.15, 0.2) is 60.7 Å². The van der Waals surface area contributed by atoms with Gasteiger partial charge in [-0.25, -0.2) is 4.98 Å². The summed E-state index contributed by atoms with van der Waals surface area (Å²) < 4.78 is 0. The third-order valence-corrected chi connectivity index (χ3v) is 6.24. The van der Waals surface area contributed by atoms with E-state index in [0.29, 0.717) is 18.2 Å². The molecule has 1 aliphatic heterocycles. The van der Waals surface area contributed by atoms with Crippen LogP contribution in [0.25, 0.3) is 10.9 Å². The molecule has 33 heavy (non-hydrogen) atoms. The van der Waals surface area contributed by atoms with Crippen molar-refractivity contribution in [1.29, 1.82) is 0 Å². The molecule has 2 fully saturated rings. The van der Waals surface area contributed by atoms with Crippen LogP contribution in [0.2, 0.25) is 0 Å². The van der Waals surface area contributed by atoms with Gasteiger partial charge in [0.25, 0.3) is 5.91 Å². The molecule has 0 spiro atoms. The molecule has 170 valence electrons. The maximum absolute atomic E-state index is 12.8. The molecule has 3 N–H and O–H groups in total. The molecule has 7 nitrogen and oxygen atoms in total. The van der Waals surface area contributed by atoms with Gasteiger partial charge in [0.05, 0.1) is 17.6 Å². The zero-order chi connectivity index (χ0) is 22.6. The fourth-order valence-electron chi connectivity index (χ4n) is 4.30. The molecule has 1 saturated carbocycles. The Morgan fingerprint density at radius 2 is 1.64 bits per heavy atom.